The first-order valence-electron chi connectivity index (χ1n) is 13.4. The fourth-order valence-corrected chi connectivity index (χ4v) is 5.04. The Hall–Kier alpha value is -4.26. The van der Waals surface area contributed by atoms with Crippen LogP contribution in [0.5, 0.6) is 5.75 Å². The number of hydrogen-bond donors (Lipinski definition) is 1. The lowest BCUT2D eigenvalue weighted by atomic mass is 9.93. The topological polar surface area (TPSA) is 67.3 Å². The number of hydrogen-bond acceptors (Lipinski definition) is 6. The molecule has 4 aromatic rings. The zero-order valence-corrected chi connectivity index (χ0v) is 22.8. The minimum absolute atomic E-state index is 0.0660. The van der Waals surface area contributed by atoms with Crippen LogP contribution in [0.2, 0.25) is 0 Å². The Labute approximate surface area is 228 Å². The van der Waals surface area contributed by atoms with E-state index in [0.29, 0.717) is 17.3 Å². The Morgan fingerprint density at radius 2 is 1.79 bits per heavy atom. The van der Waals surface area contributed by atoms with Crippen molar-refractivity contribution in [3.8, 4) is 5.75 Å². The van der Waals surface area contributed by atoms with Crippen LogP contribution in [-0.4, -0.2) is 22.5 Å². The molecule has 1 aromatic heterocycles. The summed E-state index contributed by atoms with van der Waals surface area (Å²) in [5.74, 6) is 1.26. The number of rotatable bonds is 7. The molecule has 200 valence electrons. The highest BCUT2D eigenvalue weighted by Gasteiger charge is 2.27. The number of carbonyl (C=O) groups excluding carboxylic acids is 1. The maximum Gasteiger partial charge on any atom is 0.343 e. The highest BCUT2D eigenvalue weighted by atomic mass is 19.1. The van der Waals surface area contributed by atoms with Crippen LogP contribution in [0.3, 0.4) is 0 Å². The molecule has 0 saturated heterocycles. The molecule has 1 N–H and O–H groups in total. The van der Waals surface area contributed by atoms with Crippen molar-refractivity contribution in [2.75, 3.05) is 16.8 Å². The van der Waals surface area contributed by atoms with E-state index >= 15 is 0 Å². The van der Waals surface area contributed by atoms with Crippen molar-refractivity contribution in [2.45, 2.75) is 53.0 Å². The maximum absolute atomic E-state index is 13.3. The maximum atomic E-state index is 13.3. The number of fused-ring (bicyclic) bond motifs is 1. The summed E-state index contributed by atoms with van der Waals surface area (Å²) in [7, 11) is 0. The Balaban J connectivity index is 1.33. The average molecular weight is 525 g/mol. The molecule has 1 aliphatic rings. The van der Waals surface area contributed by atoms with Gasteiger partial charge in [0.25, 0.3) is 0 Å². The van der Waals surface area contributed by atoms with Gasteiger partial charge in [0.15, 0.2) is 0 Å². The molecule has 0 amide bonds. The van der Waals surface area contributed by atoms with Crippen LogP contribution in [0.4, 0.5) is 21.8 Å². The molecule has 5 rings (SSSR count). The van der Waals surface area contributed by atoms with E-state index in [1.165, 1.54) is 23.3 Å². The van der Waals surface area contributed by atoms with Crippen molar-refractivity contribution in [3.63, 3.8) is 0 Å². The van der Waals surface area contributed by atoms with Crippen LogP contribution in [0, 0.1) is 19.7 Å². The number of carbonyl (C=O) groups is 1. The minimum Gasteiger partial charge on any atom is -0.423 e. The summed E-state index contributed by atoms with van der Waals surface area (Å²) in [5.41, 5.74) is 6.73. The number of esters is 1. The highest BCUT2D eigenvalue weighted by Crippen LogP contribution is 2.36. The lowest BCUT2D eigenvalue weighted by Crippen LogP contribution is -2.35. The summed E-state index contributed by atoms with van der Waals surface area (Å²) in [4.78, 5) is 24.5. The van der Waals surface area contributed by atoms with Gasteiger partial charge in [0.05, 0.1) is 11.6 Å². The van der Waals surface area contributed by atoms with Gasteiger partial charge in [-0.1, -0.05) is 31.5 Å². The van der Waals surface area contributed by atoms with Gasteiger partial charge in [-0.25, -0.2) is 14.2 Å². The Kier molecular flexibility index (Phi) is 7.59. The van der Waals surface area contributed by atoms with Gasteiger partial charge in [-0.15, -0.1) is 0 Å². The van der Waals surface area contributed by atoms with Gasteiger partial charge in [-0.2, -0.15) is 4.98 Å². The predicted molar refractivity (Wildman–Crippen MR) is 152 cm³/mol. The van der Waals surface area contributed by atoms with E-state index in [2.05, 4.69) is 29.0 Å². The fraction of sp³-hybridized carbons (Fsp3) is 0.281. The number of benzene rings is 3. The molecule has 0 saturated carbocycles. The summed E-state index contributed by atoms with van der Waals surface area (Å²) < 4.78 is 19.0. The molecule has 1 aliphatic heterocycles. The second-order valence-corrected chi connectivity index (χ2v) is 10.0. The van der Waals surface area contributed by atoms with Crippen LogP contribution >= 0.6 is 0 Å². The number of nitrogens with one attached hydrogen (secondary N) is 1. The van der Waals surface area contributed by atoms with Crippen molar-refractivity contribution in [3.05, 3.63) is 106 Å². The quantitative estimate of drug-likeness (QED) is 0.203. The SMILES string of the molecule is CCCc1ccc(C(=O)Oc2ccc3c(c2)CCN(c2nc(Nc4ccc(F)cc4)nc(C)c2C)C3C)cc1. The van der Waals surface area contributed by atoms with E-state index in [1.54, 1.807) is 12.1 Å². The zero-order chi connectivity index (χ0) is 27.5. The smallest absolute Gasteiger partial charge is 0.343 e. The number of ether oxygens (including phenoxy) is 1. The molecule has 0 aliphatic carbocycles. The zero-order valence-electron chi connectivity index (χ0n) is 22.8. The molecule has 1 unspecified atom stereocenters. The molecule has 0 spiro atoms. The number of anilines is 3. The van der Waals surface area contributed by atoms with Gasteiger partial charge in [0.1, 0.15) is 17.4 Å². The van der Waals surface area contributed by atoms with Gasteiger partial charge in [0.2, 0.25) is 5.95 Å². The van der Waals surface area contributed by atoms with Crippen LogP contribution in [-0.2, 0) is 12.8 Å². The lowest BCUT2D eigenvalue weighted by molar-refractivity contribution is 0.0734. The Bertz CT molecular complexity index is 1490. The molecule has 0 radical (unpaired) electrons. The monoisotopic (exact) mass is 524 g/mol. The van der Waals surface area contributed by atoms with Crippen LogP contribution < -0.4 is 15.0 Å². The summed E-state index contributed by atoms with van der Waals surface area (Å²) in [5, 5.41) is 3.20. The molecular formula is C32H33FN4O2. The number of halogens is 1. The van der Waals surface area contributed by atoms with Crippen molar-refractivity contribution >= 4 is 23.4 Å². The molecule has 1 atom stereocenters. The Morgan fingerprint density at radius 3 is 2.51 bits per heavy atom. The third kappa shape index (κ3) is 5.77. The van der Waals surface area contributed by atoms with Crippen molar-refractivity contribution < 1.29 is 13.9 Å². The van der Waals surface area contributed by atoms with Crippen LogP contribution in [0.25, 0.3) is 0 Å². The van der Waals surface area contributed by atoms with Gasteiger partial charge >= 0.3 is 5.97 Å². The first-order valence-corrected chi connectivity index (χ1v) is 13.4. The van der Waals surface area contributed by atoms with E-state index in [4.69, 9.17) is 9.72 Å². The molecular weight excluding hydrogens is 491 g/mol. The van der Waals surface area contributed by atoms with Crippen LogP contribution in [0.1, 0.15) is 64.6 Å². The number of aryl methyl sites for hydroxylation is 2. The van der Waals surface area contributed by atoms with E-state index < -0.39 is 0 Å². The number of nitrogens with zero attached hydrogens (tertiary/aromatic N) is 3. The van der Waals surface area contributed by atoms with Gasteiger partial charge in [-0.05, 0) is 98.8 Å². The van der Waals surface area contributed by atoms with E-state index in [-0.39, 0.29) is 17.8 Å². The molecule has 39 heavy (non-hydrogen) atoms. The molecule has 3 aromatic carbocycles. The first kappa shape index (κ1) is 26.4. The van der Waals surface area contributed by atoms with Crippen molar-refractivity contribution in [2.24, 2.45) is 0 Å². The second kappa shape index (κ2) is 11.2. The largest absolute Gasteiger partial charge is 0.423 e. The van der Waals surface area contributed by atoms with E-state index in [0.717, 1.165) is 54.1 Å². The van der Waals surface area contributed by atoms with Crippen molar-refractivity contribution in [1.82, 2.24) is 9.97 Å². The standard InChI is InChI=1S/C32H33FN4O2/c1-5-6-23-7-9-24(10-8-23)31(38)39-28-15-16-29-22(4)37(18-17-25(29)19-28)30-20(2)21(3)34-32(36-30)35-27-13-11-26(33)12-14-27/h7-16,19,22H,5-6,17-18H2,1-4H3,(H,34,35,36). The van der Waals surface area contributed by atoms with E-state index in [1.807, 2.05) is 56.3 Å². The van der Waals surface area contributed by atoms with Crippen LogP contribution in [0.15, 0.2) is 66.7 Å². The normalized spacial score (nSPS) is 14.6. The van der Waals surface area contributed by atoms with Gasteiger partial charge < -0.3 is 15.0 Å². The predicted octanol–water partition coefficient (Wildman–Crippen LogP) is 7.27. The van der Waals surface area contributed by atoms with Crippen molar-refractivity contribution in [1.29, 1.82) is 0 Å². The molecule has 0 bridgehead atoms. The van der Waals surface area contributed by atoms with Gasteiger partial charge in [0, 0.05) is 23.5 Å². The second-order valence-electron chi connectivity index (χ2n) is 10.0. The summed E-state index contributed by atoms with van der Waals surface area (Å²) in [6, 6.07) is 19.7. The highest BCUT2D eigenvalue weighted by molar-refractivity contribution is 5.91. The minimum atomic E-state index is -0.350. The summed E-state index contributed by atoms with van der Waals surface area (Å²) in [6.45, 7) is 9.06. The molecule has 7 heteroatoms. The third-order valence-electron chi connectivity index (χ3n) is 7.33. The summed E-state index contributed by atoms with van der Waals surface area (Å²) >= 11 is 0. The Morgan fingerprint density at radius 1 is 1.05 bits per heavy atom. The number of aromatic nitrogens is 2. The molecule has 2 heterocycles. The summed E-state index contributed by atoms with van der Waals surface area (Å²) in [6.07, 6.45) is 2.86. The average Bonchev–Trinajstić information content (AvgIpc) is 2.93. The first-order chi connectivity index (χ1) is 18.8. The third-order valence-corrected chi connectivity index (χ3v) is 7.33. The van der Waals surface area contributed by atoms with E-state index in [9.17, 15) is 9.18 Å². The fourth-order valence-electron chi connectivity index (χ4n) is 5.04. The molecule has 0 fully saturated rings. The molecule has 6 nitrogen and oxygen atoms in total. The lowest BCUT2D eigenvalue weighted by Gasteiger charge is -2.37. The van der Waals surface area contributed by atoms with Gasteiger partial charge in [-0.3, -0.25) is 0 Å².